The van der Waals surface area contributed by atoms with Crippen LogP contribution in [-0.2, 0) is 20.6 Å². The monoisotopic (exact) mass is 541 g/mol. The molecule has 0 aliphatic carbocycles. The maximum absolute atomic E-state index is 13.4. The Morgan fingerprint density at radius 2 is 1.79 bits per heavy atom. The average molecular weight is 541 g/mol. The highest BCUT2D eigenvalue weighted by Gasteiger charge is 2.42. The number of piperazine rings is 1. The van der Waals surface area contributed by atoms with Crippen LogP contribution in [0.3, 0.4) is 0 Å². The second-order valence-corrected chi connectivity index (χ2v) is 8.99. The van der Waals surface area contributed by atoms with Crippen LogP contribution in [0.4, 0.5) is 24.9 Å². The number of aliphatic carboxylic acids is 3. The van der Waals surface area contributed by atoms with E-state index in [0.29, 0.717) is 11.9 Å². The fraction of sp³-hybridized carbons (Fsp3) is 0.409. The van der Waals surface area contributed by atoms with Crippen LogP contribution in [0, 0.1) is 0 Å². The maximum Gasteiger partial charge on any atom is 0.417 e. The third-order valence-electron chi connectivity index (χ3n) is 6.26. The Hall–Kier alpha value is -4.18. The van der Waals surface area contributed by atoms with Crippen LogP contribution in [0.2, 0.25) is 0 Å². The molecule has 0 spiro atoms. The van der Waals surface area contributed by atoms with E-state index in [1.54, 1.807) is 0 Å². The second-order valence-electron chi connectivity index (χ2n) is 8.99. The molecule has 5 rings (SSSR count). The van der Waals surface area contributed by atoms with E-state index in [-0.39, 0.29) is 34.1 Å². The van der Waals surface area contributed by atoms with Gasteiger partial charge in [0.1, 0.15) is 11.1 Å². The summed E-state index contributed by atoms with van der Waals surface area (Å²) >= 11 is 0. The fourth-order valence-electron chi connectivity index (χ4n) is 4.65. The molecule has 2 aliphatic rings. The van der Waals surface area contributed by atoms with E-state index in [2.05, 4.69) is 20.2 Å². The predicted octanol–water partition coefficient (Wildman–Crippen LogP) is 1.28. The van der Waals surface area contributed by atoms with E-state index >= 15 is 0 Å². The molecule has 0 unspecified atom stereocenters. The number of nitrogens with one attached hydrogen (secondary N) is 1. The first-order chi connectivity index (χ1) is 17.7. The van der Waals surface area contributed by atoms with E-state index in [1.807, 2.05) is 0 Å². The number of aromatic nitrogens is 2. The van der Waals surface area contributed by atoms with Crippen molar-refractivity contribution < 1.29 is 52.4 Å². The summed E-state index contributed by atoms with van der Waals surface area (Å²) in [4.78, 5) is 40.9. The summed E-state index contributed by atoms with van der Waals surface area (Å²) in [7, 11) is 0. The number of carbonyl (C=O) groups is 3. The lowest BCUT2D eigenvalue weighted by molar-refractivity contribution is -0.170. The van der Waals surface area contributed by atoms with E-state index in [9.17, 15) is 27.6 Å². The molecule has 2 fully saturated rings. The minimum atomic E-state index is -4.51. The number of furan rings is 1. The number of hydrogen-bond acceptors (Lipinski definition) is 10. The molecule has 1 aromatic carbocycles. The van der Waals surface area contributed by atoms with Gasteiger partial charge in [0, 0.05) is 25.2 Å². The number of halogens is 3. The number of nitrogen functional groups attached to an aromatic ring is 1. The first kappa shape index (κ1) is 26.9. The van der Waals surface area contributed by atoms with Crippen molar-refractivity contribution in [3.8, 4) is 0 Å². The number of fused-ring (bicyclic) bond motifs is 5. The van der Waals surface area contributed by atoms with Crippen LogP contribution in [0.5, 0.6) is 0 Å². The van der Waals surface area contributed by atoms with Gasteiger partial charge in [0.25, 0.3) is 0 Å². The Morgan fingerprint density at radius 3 is 2.29 bits per heavy atom. The summed E-state index contributed by atoms with van der Waals surface area (Å²) in [6.45, 7) is 1.53. The zero-order valence-corrected chi connectivity index (χ0v) is 19.4. The Bertz CT molecular complexity index is 1410. The van der Waals surface area contributed by atoms with E-state index in [4.69, 9.17) is 30.6 Å². The predicted molar refractivity (Wildman–Crippen MR) is 123 cm³/mol. The summed E-state index contributed by atoms with van der Waals surface area (Å²) in [5, 5.41) is 37.1. The van der Waals surface area contributed by atoms with Gasteiger partial charge in [0.15, 0.2) is 17.0 Å². The van der Waals surface area contributed by atoms with Crippen molar-refractivity contribution in [2.24, 2.45) is 0 Å². The lowest BCUT2D eigenvalue weighted by Crippen LogP contribution is -2.44. The topological polar surface area (TPSA) is 212 Å². The van der Waals surface area contributed by atoms with Crippen molar-refractivity contribution in [1.29, 1.82) is 0 Å². The molecule has 2 aliphatic heterocycles. The van der Waals surface area contributed by atoms with Gasteiger partial charge in [0.2, 0.25) is 5.95 Å². The van der Waals surface area contributed by atoms with Crippen molar-refractivity contribution in [2.45, 2.75) is 43.1 Å². The van der Waals surface area contributed by atoms with Gasteiger partial charge in [-0.25, -0.2) is 9.78 Å². The van der Waals surface area contributed by atoms with Crippen LogP contribution < -0.4 is 16.0 Å². The van der Waals surface area contributed by atoms with Gasteiger partial charge in [-0.3, -0.25) is 9.59 Å². The molecular formula is C22H22F3N5O8. The highest BCUT2D eigenvalue weighted by molar-refractivity contribution is 6.08. The van der Waals surface area contributed by atoms with Crippen LogP contribution in [0.1, 0.15) is 24.8 Å². The van der Waals surface area contributed by atoms with Crippen molar-refractivity contribution >= 4 is 51.7 Å². The normalized spacial score (nSPS) is 19.0. The molecule has 2 bridgehead atoms. The van der Waals surface area contributed by atoms with Crippen molar-refractivity contribution in [3.63, 3.8) is 0 Å². The molecule has 16 heteroatoms. The molecule has 2 atom stereocenters. The van der Waals surface area contributed by atoms with Gasteiger partial charge >= 0.3 is 24.1 Å². The minimum absolute atomic E-state index is 0.0575. The first-order valence-corrected chi connectivity index (χ1v) is 11.1. The van der Waals surface area contributed by atoms with Crippen molar-refractivity contribution in [2.75, 3.05) is 23.7 Å². The second kappa shape index (κ2) is 9.60. The molecular weight excluding hydrogens is 519 g/mol. The number of aliphatic hydroxyl groups is 1. The molecule has 0 saturated carbocycles. The SMILES string of the molecule is Nc1nc(N2C[C@@H]3C[C@H]2CN3)c2oc3cccc(C(F)(F)F)c3c2n1.O=C(O)CC(O)(CC(=O)O)C(=O)O. The van der Waals surface area contributed by atoms with Gasteiger partial charge in [-0.15, -0.1) is 0 Å². The average Bonchev–Trinajstić information content (AvgIpc) is 3.51. The van der Waals surface area contributed by atoms with Gasteiger partial charge in [-0.2, -0.15) is 18.2 Å². The van der Waals surface area contributed by atoms with Crippen LogP contribution in [0.25, 0.3) is 22.1 Å². The van der Waals surface area contributed by atoms with Gasteiger partial charge in [-0.05, 0) is 18.6 Å². The van der Waals surface area contributed by atoms with Crippen LogP contribution in [0.15, 0.2) is 22.6 Å². The maximum atomic E-state index is 13.4. The van der Waals surface area contributed by atoms with Gasteiger partial charge < -0.3 is 40.8 Å². The van der Waals surface area contributed by atoms with Crippen molar-refractivity contribution in [3.05, 3.63) is 23.8 Å². The number of nitrogens with zero attached hydrogens (tertiary/aromatic N) is 3. The molecule has 2 saturated heterocycles. The smallest absolute Gasteiger partial charge is 0.417 e. The summed E-state index contributed by atoms with van der Waals surface area (Å²) in [5.41, 5.74) is 2.80. The number of nitrogens with two attached hydrogens (primary N) is 1. The third kappa shape index (κ3) is 5.12. The van der Waals surface area contributed by atoms with Crippen molar-refractivity contribution in [1.82, 2.24) is 15.3 Å². The van der Waals surface area contributed by atoms with E-state index < -0.39 is 48.1 Å². The largest absolute Gasteiger partial charge is 0.481 e. The Labute approximate surface area is 210 Å². The molecule has 0 amide bonds. The Morgan fingerprint density at radius 1 is 1.13 bits per heavy atom. The summed E-state index contributed by atoms with van der Waals surface area (Å²) in [6.07, 6.45) is -5.82. The molecule has 0 radical (unpaired) electrons. The Balaban J connectivity index is 0.000000222. The van der Waals surface area contributed by atoms with Crippen LogP contribution >= 0.6 is 0 Å². The summed E-state index contributed by atoms with van der Waals surface area (Å²) in [5.74, 6) is -4.60. The Kier molecular flexibility index (Phi) is 6.79. The number of hydrogen-bond donors (Lipinski definition) is 6. The van der Waals surface area contributed by atoms with Gasteiger partial charge in [-0.1, -0.05) is 6.07 Å². The van der Waals surface area contributed by atoms with E-state index in [1.165, 1.54) is 12.1 Å². The van der Waals surface area contributed by atoms with E-state index in [0.717, 1.165) is 25.6 Å². The fourth-order valence-corrected chi connectivity index (χ4v) is 4.65. The van der Waals surface area contributed by atoms with Gasteiger partial charge in [0.05, 0.1) is 23.8 Å². The number of alkyl halides is 3. The van der Waals surface area contributed by atoms with Crippen LogP contribution in [-0.4, -0.2) is 79.1 Å². The summed E-state index contributed by atoms with van der Waals surface area (Å²) in [6, 6.07) is 4.44. The highest BCUT2D eigenvalue weighted by atomic mass is 19.4. The summed E-state index contributed by atoms with van der Waals surface area (Å²) < 4.78 is 46.0. The number of carboxylic acid groups (broad SMARTS) is 3. The first-order valence-electron chi connectivity index (χ1n) is 11.1. The quantitative estimate of drug-likeness (QED) is 0.260. The zero-order chi connectivity index (χ0) is 28.0. The molecule has 4 heterocycles. The minimum Gasteiger partial charge on any atom is -0.481 e. The number of carboxylic acids is 3. The molecule has 7 N–H and O–H groups in total. The lowest BCUT2D eigenvalue weighted by atomic mass is 9.96. The molecule has 13 nitrogen and oxygen atoms in total. The molecule has 38 heavy (non-hydrogen) atoms. The standard InChI is InChI=1S/C16H14F3N5O.C6H8O7/c17-16(18,19)9-2-1-3-10-11(9)12-13(25-10)14(23-15(20)22-12)24-6-7-4-8(24)5-21-7;7-3(8)1-6(13,5(11)12)2-4(9)10/h1-3,7-8,21H,4-6H2,(H2,20,22,23);13H,1-2H2,(H,7,8)(H,9,10)(H,11,12)/t7-,8-;/m0./s1. The number of anilines is 2. The third-order valence-corrected chi connectivity index (χ3v) is 6.26. The molecule has 204 valence electrons. The highest BCUT2D eigenvalue weighted by Crippen LogP contribution is 2.42. The zero-order valence-electron chi connectivity index (χ0n) is 19.4. The lowest BCUT2D eigenvalue weighted by Gasteiger charge is -2.28. The number of benzene rings is 1. The molecule has 3 aromatic rings. The molecule has 2 aromatic heterocycles. The number of rotatable bonds is 6.